The first-order valence-electron chi connectivity index (χ1n) is 9.86. The highest BCUT2D eigenvalue weighted by Crippen LogP contribution is 2.34. The molecule has 1 aliphatic rings. The maximum Gasteiger partial charge on any atom is 0.258 e. The number of para-hydroxylation sites is 1. The van der Waals surface area contributed by atoms with E-state index in [9.17, 15) is 4.79 Å². The first-order chi connectivity index (χ1) is 14.7. The minimum atomic E-state index is -0.207. The van der Waals surface area contributed by atoms with Crippen LogP contribution in [0.15, 0.2) is 72.8 Å². The second-order valence-corrected chi connectivity index (χ2v) is 7.16. The van der Waals surface area contributed by atoms with Crippen LogP contribution in [0.3, 0.4) is 0 Å². The molecule has 0 spiro atoms. The fourth-order valence-electron chi connectivity index (χ4n) is 3.77. The number of anilines is 1. The Hall–Kier alpha value is -3.86. The maximum atomic E-state index is 13.4. The van der Waals surface area contributed by atoms with E-state index in [1.807, 2.05) is 73.7 Å². The third kappa shape index (κ3) is 3.24. The molecule has 0 fully saturated rings. The van der Waals surface area contributed by atoms with Gasteiger partial charge in [-0.15, -0.1) is 0 Å². The zero-order valence-electron chi connectivity index (χ0n) is 16.5. The molecule has 0 saturated heterocycles. The van der Waals surface area contributed by atoms with Gasteiger partial charge in [-0.2, -0.15) is 0 Å². The molecule has 2 heterocycles. The summed E-state index contributed by atoms with van der Waals surface area (Å²) in [6.45, 7) is 2.99. The van der Waals surface area contributed by atoms with Gasteiger partial charge in [0.15, 0.2) is 11.5 Å². The van der Waals surface area contributed by atoms with Gasteiger partial charge < -0.3 is 14.8 Å². The van der Waals surface area contributed by atoms with E-state index < -0.39 is 0 Å². The standard InChI is InChI=1S/C25H20N2O3/c1-16-19-9-5-6-10-20(19)27-24(17-7-3-2-4-8-17)23(16)25(28)26-18-11-12-21-22(15-18)30-14-13-29-21/h2-12,15H,13-14H2,1H3,(H,26,28). The van der Waals surface area contributed by atoms with Crippen LogP contribution in [0.25, 0.3) is 22.2 Å². The number of hydrogen-bond acceptors (Lipinski definition) is 4. The van der Waals surface area contributed by atoms with Crippen LogP contribution in [0.5, 0.6) is 11.5 Å². The molecule has 0 atom stereocenters. The smallest absolute Gasteiger partial charge is 0.258 e. The molecule has 148 valence electrons. The van der Waals surface area contributed by atoms with Crippen molar-refractivity contribution >= 4 is 22.5 Å². The van der Waals surface area contributed by atoms with Gasteiger partial charge >= 0.3 is 0 Å². The summed E-state index contributed by atoms with van der Waals surface area (Å²) in [7, 11) is 0. The van der Waals surface area contributed by atoms with E-state index >= 15 is 0 Å². The number of benzene rings is 3. The van der Waals surface area contributed by atoms with Crippen LogP contribution in [0.1, 0.15) is 15.9 Å². The highest BCUT2D eigenvalue weighted by atomic mass is 16.6. The van der Waals surface area contributed by atoms with Crippen LogP contribution in [0.2, 0.25) is 0 Å². The highest BCUT2D eigenvalue weighted by molar-refractivity contribution is 6.12. The van der Waals surface area contributed by atoms with E-state index in [1.165, 1.54) is 0 Å². The number of ether oxygens (including phenoxy) is 2. The van der Waals surface area contributed by atoms with E-state index in [0.29, 0.717) is 41.7 Å². The molecule has 0 unspecified atom stereocenters. The number of pyridine rings is 1. The number of carbonyl (C=O) groups is 1. The Bertz CT molecular complexity index is 1250. The van der Waals surface area contributed by atoms with Gasteiger partial charge in [0, 0.05) is 22.7 Å². The lowest BCUT2D eigenvalue weighted by Gasteiger charge is -2.19. The third-order valence-electron chi connectivity index (χ3n) is 5.23. The molecule has 0 aliphatic carbocycles. The van der Waals surface area contributed by atoms with Crippen LogP contribution < -0.4 is 14.8 Å². The van der Waals surface area contributed by atoms with Crippen molar-refractivity contribution in [3.05, 3.63) is 83.9 Å². The molecule has 4 aromatic rings. The molecule has 1 N–H and O–H groups in total. The molecular weight excluding hydrogens is 376 g/mol. The average Bonchev–Trinajstić information content (AvgIpc) is 2.79. The molecule has 5 rings (SSSR count). The summed E-state index contributed by atoms with van der Waals surface area (Å²) in [5, 5.41) is 3.97. The molecule has 5 heteroatoms. The lowest BCUT2D eigenvalue weighted by atomic mass is 9.97. The quantitative estimate of drug-likeness (QED) is 0.515. The maximum absolute atomic E-state index is 13.4. The Labute approximate surface area is 174 Å². The van der Waals surface area contributed by atoms with Crippen molar-refractivity contribution < 1.29 is 14.3 Å². The molecule has 1 aromatic heterocycles. The predicted molar refractivity (Wildman–Crippen MR) is 117 cm³/mol. The SMILES string of the molecule is Cc1c(C(=O)Nc2ccc3c(c2)OCCO3)c(-c2ccccc2)nc2ccccc12. The average molecular weight is 396 g/mol. The summed E-state index contributed by atoms with van der Waals surface area (Å²) in [6.07, 6.45) is 0. The van der Waals surface area contributed by atoms with Crippen molar-refractivity contribution in [1.82, 2.24) is 4.98 Å². The molecule has 0 saturated carbocycles. The number of aromatic nitrogens is 1. The minimum absolute atomic E-state index is 0.207. The van der Waals surface area contributed by atoms with Gasteiger partial charge in [-0.3, -0.25) is 4.79 Å². The van der Waals surface area contributed by atoms with Gasteiger partial charge in [0.05, 0.1) is 16.8 Å². The molecule has 1 aliphatic heterocycles. The number of rotatable bonds is 3. The molecule has 0 radical (unpaired) electrons. The Morgan fingerprint density at radius 1 is 0.900 bits per heavy atom. The van der Waals surface area contributed by atoms with Crippen molar-refractivity contribution in [2.45, 2.75) is 6.92 Å². The molecule has 30 heavy (non-hydrogen) atoms. The van der Waals surface area contributed by atoms with Crippen LogP contribution in [0.4, 0.5) is 5.69 Å². The van der Waals surface area contributed by atoms with Gasteiger partial charge in [0.2, 0.25) is 0 Å². The monoisotopic (exact) mass is 396 g/mol. The highest BCUT2D eigenvalue weighted by Gasteiger charge is 2.21. The van der Waals surface area contributed by atoms with Crippen LogP contribution in [0, 0.1) is 6.92 Å². The molecule has 5 nitrogen and oxygen atoms in total. The number of hydrogen-bond donors (Lipinski definition) is 1. The number of nitrogens with zero attached hydrogens (tertiary/aromatic N) is 1. The summed E-state index contributed by atoms with van der Waals surface area (Å²) >= 11 is 0. The number of carbonyl (C=O) groups excluding carboxylic acids is 1. The van der Waals surface area contributed by atoms with Gasteiger partial charge in [-0.05, 0) is 30.7 Å². The van der Waals surface area contributed by atoms with Gasteiger partial charge in [-0.1, -0.05) is 48.5 Å². The molecular formula is C25H20N2O3. The minimum Gasteiger partial charge on any atom is -0.486 e. The van der Waals surface area contributed by atoms with Gasteiger partial charge in [0.25, 0.3) is 5.91 Å². The normalized spacial score (nSPS) is 12.6. The number of nitrogens with one attached hydrogen (secondary N) is 1. The van der Waals surface area contributed by atoms with Crippen LogP contribution in [-0.2, 0) is 0 Å². The molecule has 0 bridgehead atoms. The Balaban J connectivity index is 1.60. The summed E-state index contributed by atoms with van der Waals surface area (Å²) in [4.78, 5) is 18.3. The molecule has 3 aromatic carbocycles. The Kier molecular flexibility index (Phi) is 4.56. The zero-order chi connectivity index (χ0) is 20.5. The Morgan fingerprint density at radius 2 is 1.63 bits per heavy atom. The summed E-state index contributed by atoms with van der Waals surface area (Å²) in [5.41, 5.74) is 4.55. The number of aryl methyl sites for hydroxylation is 1. The summed E-state index contributed by atoms with van der Waals surface area (Å²) in [5.74, 6) is 1.12. The van der Waals surface area contributed by atoms with Crippen molar-refractivity contribution in [1.29, 1.82) is 0 Å². The largest absolute Gasteiger partial charge is 0.486 e. The van der Waals surface area contributed by atoms with Crippen LogP contribution >= 0.6 is 0 Å². The van der Waals surface area contributed by atoms with E-state index in [4.69, 9.17) is 14.5 Å². The lowest BCUT2D eigenvalue weighted by Crippen LogP contribution is -2.18. The number of amides is 1. The van der Waals surface area contributed by atoms with E-state index in [1.54, 1.807) is 6.07 Å². The first-order valence-corrected chi connectivity index (χ1v) is 9.86. The topological polar surface area (TPSA) is 60.5 Å². The first kappa shape index (κ1) is 18.2. The van der Waals surface area contributed by atoms with Crippen molar-refractivity contribution in [2.75, 3.05) is 18.5 Å². The van der Waals surface area contributed by atoms with Crippen LogP contribution in [-0.4, -0.2) is 24.1 Å². The van der Waals surface area contributed by atoms with Crippen molar-refractivity contribution in [3.8, 4) is 22.8 Å². The number of fused-ring (bicyclic) bond motifs is 2. The fraction of sp³-hybridized carbons (Fsp3) is 0.120. The lowest BCUT2D eigenvalue weighted by molar-refractivity contribution is 0.102. The fourth-order valence-corrected chi connectivity index (χ4v) is 3.77. The van der Waals surface area contributed by atoms with Crippen molar-refractivity contribution in [2.24, 2.45) is 0 Å². The Morgan fingerprint density at radius 3 is 2.47 bits per heavy atom. The summed E-state index contributed by atoms with van der Waals surface area (Å²) in [6, 6.07) is 23.1. The zero-order valence-corrected chi connectivity index (χ0v) is 16.5. The second-order valence-electron chi connectivity index (χ2n) is 7.16. The van der Waals surface area contributed by atoms with E-state index in [0.717, 1.165) is 22.0 Å². The van der Waals surface area contributed by atoms with Gasteiger partial charge in [-0.25, -0.2) is 4.98 Å². The third-order valence-corrected chi connectivity index (χ3v) is 5.23. The van der Waals surface area contributed by atoms with E-state index in [-0.39, 0.29) is 5.91 Å². The second kappa shape index (κ2) is 7.52. The van der Waals surface area contributed by atoms with E-state index in [2.05, 4.69) is 5.32 Å². The molecule has 1 amide bonds. The predicted octanol–water partition coefficient (Wildman–Crippen LogP) is 5.23. The van der Waals surface area contributed by atoms with Crippen molar-refractivity contribution in [3.63, 3.8) is 0 Å². The van der Waals surface area contributed by atoms with Gasteiger partial charge in [0.1, 0.15) is 13.2 Å². The summed E-state index contributed by atoms with van der Waals surface area (Å²) < 4.78 is 11.2.